The fraction of sp³-hybridized carbons (Fsp3) is 0.0337. The second kappa shape index (κ2) is 22.3. The molecule has 0 atom stereocenters. The van der Waals surface area contributed by atoms with Crippen molar-refractivity contribution in [2.45, 2.75) is 19.3 Å². The lowest BCUT2D eigenvalue weighted by Crippen LogP contribution is -2.61. The van der Waals surface area contributed by atoms with E-state index in [1.165, 1.54) is 60.8 Å². The SMILES string of the molecule is CC1(C)c2ccccc2-c2cc3c4ccccc4n(-c4ccc(-c5cc(-c6ccccc6)nc(-c6ccccc6)n5)cc4-c4nc(-c5ccccc5)cc(-c5cccc(-c6cc7c8c(c6)N(c6ccccc6)c6ccccc6B8c6ccccc6N7c6ccccc6)c5)n4)c3cc21. The quantitative estimate of drug-likeness (QED) is 0.127. The maximum Gasteiger partial charge on any atom is 0.252 e. The number of aromatic nitrogens is 5. The molecule has 0 radical (unpaired) electrons. The smallest absolute Gasteiger partial charge is 0.252 e. The van der Waals surface area contributed by atoms with Gasteiger partial charge in [0.15, 0.2) is 11.6 Å². The predicted octanol–water partition coefficient (Wildman–Crippen LogP) is 20.4. The van der Waals surface area contributed by atoms with Crippen molar-refractivity contribution < 1.29 is 0 Å². The Hall–Kier alpha value is -12.5. The molecule has 97 heavy (non-hydrogen) atoms. The van der Waals surface area contributed by atoms with Crippen LogP contribution in [0.15, 0.2) is 328 Å². The summed E-state index contributed by atoms with van der Waals surface area (Å²) < 4.78 is 2.45. The van der Waals surface area contributed by atoms with Crippen LogP contribution in [0.25, 0.3) is 118 Å². The van der Waals surface area contributed by atoms with Gasteiger partial charge in [-0.3, -0.25) is 0 Å². The van der Waals surface area contributed by atoms with E-state index in [2.05, 4.69) is 332 Å². The molecule has 0 bridgehead atoms. The zero-order valence-corrected chi connectivity index (χ0v) is 53.4. The van der Waals surface area contributed by atoms with E-state index in [-0.39, 0.29) is 12.1 Å². The van der Waals surface area contributed by atoms with Gasteiger partial charge in [-0.05, 0) is 147 Å². The van der Waals surface area contributed by atoms with E-state index in [0.29, 0.717) is 11.6 Å². The third kappa shape index (κ3) is 9.12. The minimum Gasteiger partial charge on any atom is -0.311 e. The number of para-hydroxylation sites is 5. The van der Waals surface area contributed by atoms with E-state index in [0.717, 1.165) is 107 Å². The van der Waals surface area contributed by atoms with Gasteiger partial charge in [-0.1, -0.05) is 244 Å². The van der Waals surface area contributed by atoms with Crippen LogP contribution < -0.4 is 26.2 Å². The summed E-state index contributed by atoms with van der Waals surface area (Å²) in [7, 11) is 0. The van der Waals surface area contributed by atoms with Gasteiger partial charge in [0.25, 0.3) is 6.71 Å². The maximum absolute atomic E-state index is 5.84. The second-order valence-electron chi connectivity index (χ2n) is 26.1. The Morgan fingerprint density at radius 3 is 1.38 bits per heavy atom. The molecule has 0 N–H and O–H groups in total. The van der Waals surface area contributed by atoms with E-state index in [9.17, 15) is 0 Å². The highest BCUT2D eigenvalue weighted by Gasteiger charge is 2.44. The third-order valence-corrected chi connectivity index (χ3v) is 20.2. The Kier molecular flexibility index (Phi) is 12.9. The Balaban J connectivity index is 0.847. The molecule has 0 unspecified atom stereocenters. The summed E-state index contributed by atoms with van der Waals surface area (Å²) in [5.74, 6) is 1.22. The summed E-state index contributed by atoms with van der Waals surface area (Å²) in [6.07, 6.45) is 0. The van der Waals surface area contributed by atoms with Gasteiger partial charge < -0.3 is 14.4 Å². The minimum atomic E-state index is -0.234. The monoisotopic (exact) mass is 1240 g/mol. The van der Waals surface area contributed by atoms with Crippen molar-refractivity contribution in [3.05, 3.63) is 339 Å². The van der Waals surface area contributed by atoms with Crippen LogP contribution in [0.3, 0.4) is 0 Å². The first-order chi connectivity index (χ1) is 47.9. The van der Waals surface area contributed by atoms with Gasteiger partial charge >= 0.3 is 0 Å². The van der Waals surface area contributed by atoms with Crippen LogP contribution in [0, 0.1) is 0 Å². The highest BCUT2D eigenvalue weighted by atomic mass is 15.2. The molecule has 7 nitrogen and oxygen atoms in total. The van der Waals surface area contributed by atoms with Crippen molar-refractivity contribution in [1.82, 2.24) is 24.5 Å². The molecule has 16 aromatic rings. The highest BCUT2D eigenvalue weighted by molar-refractivity contribution is 7.00. The summed E-state index contributed by atoms with van der Waals surface area (Å²) in [5.41, 5.74) is 29.8. The number of nitrogens with zero attached hydrogens (tertiary/aromatic N) is 7. The van der Waals surface area contributed by atoms with E-state index in [1.54, 1.807) is 0 Å². The number of fused-ring (bicyclic) bond motifs is 10. The predicted molar refractivity (Wildman–Crippen MR) is 402 cm³/mol. The molecule has 3 aromatic heterocycles. The molecule has 5 heterocycles. The van der Waals surface area contributed by atoms with Gasteiger partial charge in [-0.2, -0.15) is 0 Å². The summed E-state index contributed by atoms with van der Waals surface area (Å²) in [4.78, 5) is 27.1. The minimum absolute atomic E-state index is 0.00424. The maximum atomic E-state index is 5.84. The summed E-state index contributed by atoms with van der Waals surface area (Å²) in [6.45, 7) is 4.72. The summed E-state index contributed by atoms with van der Waals surface area (Å²) in [6, 6.07) is 118. The van der Waals surface area contributed by atoms with Crippen molar-refractivity contribution in [2.24, 2.45) is 0 Å². The molecular weight excluding hydrogens is 1180 g/mol. The number of hydrogen-bond donors (Lipinski definition) is 0. The van der Waals surface area contributed by atoms with Gasteiger partial charge in [-0.25, -0.2) is 19.9 Å². The molecule has 3 aliphatic rings. The van der Waals surface area contributed by atoms with Crippen molar-refractivity contribution >= 4 is 79.0 Å². The lowest BCUT2D eigenvalue weighted by Gasteiger charge is -2.44. The molecule has 0 amide bonds. The Bertz CT molecular complexity index is 5640. The van der Waals surface area contributed by atoms with Crippen LogP contribution in [0.4, 0.5) is 34.1 Å². The van der Waals surface area contributed by atoms with E-state index in [4.69, 9.17) is 19.9 Å². The molecule has 0 fully saturated rings. The fourth-order valence-corrected chi connectivity index (χ4v) is 15.7. The average Bonchev–Trinajstić information content (AvgIpc) is 1.42. The molecule has 0 saturated heterocycles. The van der Waals surface area contributed by atoms with E-state index in [1.807, 2.05) is 24.3 Å². The highest BCUT2D eigenvalue weighted by Crippen LogP contribution is 2.52. The van der Waals surface area contributed by atoms with Crippen LogP contribution in [0.5, 0.6) is 0 Å². The van der Waals surface area contributed by atoms with Crippen LogP contribution >= 0.6 is 0 Å². The molecule has 2 aliphatic heterocycles. The van der Waals surface area contributed by atoms with Crippen molar-refractivity contribution in [1.29, 1.82) is 0 Å². The van der Waals surface area contributed by atoms with Crippen LogP contribution in [0.2, 0.25) is 0 Å². The number of hydrogen-bond acceptors (Lipinski definition) is 6. The first-order valence-electron chi connectivity index (χ1n) is 33.3. The summed E-state index contributed by atoms with van der Waals surface area (Å²) >= 11 is 0. The largest absolute Gasteiger partial charge is 0.311 e. The third-order valence-electron chi connectivity index (χ3n) is 20.2. The molecular formula is C89H60BN7. The molecule has 1 aliphatic carbocycles. The molecule has 19 rings (SSSR count). The van der Waals surface area contributed by atoms with Gasteiger partial charge in [0, 0.05) is 83.7 Å². The molecule has 8 heteroatoms. The molecule has 0 saturated carbocycles. The first-order valence-corrected chi connectivity index (χ1v) is 33.3. The Labute approximate surface area is 563 Å². The van der Waals surface area contributed by atoms with Crippen molar-refractivity contribution in [3.63, 3.8) is 0 Å². The van der Waals surface area contributed by atoms with E-state index >= 15 is 0 Å². The zero-order chi connectivity index (χ0) is 64.3. The number of rotatable bonds is 10. The molecule has 0 spiro atoms. The molecule has 13 aromatic carbocycles. The Morgan fingerprint density at radius 1 is 0.278 bits per heavy atom. The van der Waals surface area contributed by atoms with Crippen molar-refractivity contribution in [2.75, 3.05) is 9.80 Å². The van der Waals surface area contributed by atoms with Crippen LogP contribution in [-0.2, 0) is 5.41 Å². The fourth-order valence-electron chi connectivity index (χ4n) is 15.7. The van der Waals surface area contributed by atoms with E-state index < -0.39 is 0 Å². The lowest BCUT2D eigenvalue weighted by atomic mass is 9.33. The number of anilines is 6. The summed E-state index contributed by atoms with van der Waals surface area (Å²) in [5, 5.41) is 2.35. The van der Waals surface area contributed by atoms with Crippen LogP contribution in [0.1, 0.15) is 25.0 Å². The molecule has 454 valence electrons. The standard InChI is InChI=1S/C89H60BN7/c1-89(2)71-41-20-18-39-66(71)68-53-69-67-40-19-23-44-79(67)97(83(69)54-72(68)89)80-48-47-62(78-55-75(57-27-8-3-9-28-57)91-87(92-78)59-31-12-5-13-32-59)50-70(80)88-93-76(58-29-10-4-11-30-58)56-77(94-88)61-34-26-33-60(49-61)63-51-84-86-85(52-63)96(65-37-16-7-17-38-65)82-46-25-22-43-74(82)90(86)73-42-21-24-45-81(73)95(84)64-35-14-6-15-36-64/h3-56H,1-2H3. The number of benzene rings is 13. The first kappa shape index (κ1) is 56.1. The zero-order valence-electron chi connectivity index (χ0n) is 53.4. The normalized spacial score (nSPS) is 13.1. The van der Waals surface area contributed by atoms with Gasteiger partial charge in [0.1, 0.15) is 0 Å². The lowest BCUT2D eigenvalue weighted by molar-refractivity contribution is 0.661. The van der Waals surface area contributed by atoms with Crippen LogP contribution in [-0.4, -0.2) is 31.2 Å². The van der Waals surface area contributed by atoms with Gasteiger partial charge in [-0.15, -0.1) is 0 Å². The average molecular weight is 1240 g/mol. The topological polar surface area (TPSA) is 63.0 Å². The van der Waals surface area contributed by atoms with Gasteiger partial charge in [0.05, 0.1) is 39.5 Å². The van der Waals surface area contributed by atoms with Gasteiger partial charge in [0.2, 0.25) is 0 Å². The van der Waals surface area contributed by atoms with Crippen molar-refractivity contribution in [3.8, 4) is 95.7 Å². The Morgan fingerprint density at radius 2 is 0.763 bits per heavy atom. The second-order valence-corrected chi connectivity index (χ2v) is 26.1.